The Labute approximate surface area is 139 Å². The van der Waals surface area contributed by atoms with Gasteiger partial charge in [0.05, 0.1) is 12.3 Å². The van der Waals surface area contributed by atoms with Gasteiger partial charge in [0.25, 0.3) is 0 Å². The Morgan fingerprint density at radius 2 is 2.12 bits per heavy atom. The predicted octanol–water partition coefficient (Wildman–Crippen LogP) is 1.91. The lowest BCUT2D eigenvalue weighted by Crippen LogP contribution is -2.49. The van der Waals surface area contributed by atoms with E-state index in [9.17, 15) is 27.9 Å². The first kappa shape index (κ1) is 18.7. The lowest BCUT2D eigenvalue weighted by atomic mass is 9.95. The number of carboxylic acids is 1. The molecule has 1 aliphatic rings. The number of hydrogen-bond donors (Lipinski definition) is 2. The maximum Gasteiger partial charge on any atom is 0.424 e. The Balaban J connectivity index is 2.21. The zero-order chi connectivity index (χ0) is 18.1. The van der Waals surface area contributed by atoms with Gasteiger partial charge in [-0.1, -0.05) is 0 Å². The quantitative estimate of drug-likeness (QED) is 0.850. The van der Waals surface area contributed by atoms with E-state index in [0.717, 1.165) is 4.90 Å². The van der Waals surface area contributed by atoms with Crippen LogP contribution in [0.5, 0.6) is 0 Å². The zero-order valence-corrected chi connectivity index (χ0v) is 13.7. The van der Waals surface area contributed by atoms with Gasteiger partial charge in [-0.25, -0.2) is 4.98 Å². The van der Waals surface area contributed by atoms with Gasteiger partial charge in [-0.2, -0.15) is 13.2 Å². The minimum Gasteiger partial charge on any atom is -0.481 e. The molecule has 1 amide bonds. The molecule has 1 fully saturated rings. The molecule has 2 N–H and O–H groups in total. The first-order valence-electron chi connectivity index (χ1n) is 7.27. The van der Waals surface area contributed by atoms with Crippen LogP contribution >= 0.6 is 11.3 Å². The van der Waals surface area contributed by atoms with Crippen LogP contribution in [0.4, 0.5) is 13.2 Å². The summed E-state index contributed by atoms with van der Waals surface area (Å²) in [7, 11) is 0. The fourth-order valence-corrected chi connectivity index (χ4v) is 3.49. The number of aryl methyl sites for hydroxylation is 1. The number of aliphatic hydroxyl groups is 1. The molecule has 2 rings (SSSR count). The fourth-order valence-electron chi connectivity index (χ4n) is 2.58. The van der Waals surface area contributed by atoms with Crippen LogP contribution in [0.15, 0.2) is 5.38 Å². The van der Waals surface area contributed by atoms with Crippen LogP contribution in [0.2, 0.25) is 0 Å². The Bertz CT molecular complexity index is 634. The number of aromatic nitrogens is 1. The molecule has 0 spiro atoms. The summed E-state index contributed by atoms with van der Waals surface area (Å²) in [4.78, 5) is 28.0. The third-order valence-electron chi connectivity index (χ3n) is 3.97. The number of carboxylic acid groups (broad SMARTS) is 1. The Morgan fingerprint density at radius 1 is 1.46 bits per heavy atom. The summed E-state index contributed by atoms with van der Waals surface area (Å²) in [5, 5.41) is 19.9. The molecule has 0 saturated carbocycles. The number of likely N-dealkylation sites (tertiary alicyclic amines) is 1. The van der Waals surface area contributed by atoms with E-state index in [4.69, 9.17) is 5.11 Å². The van der Waals surface area contributed by atoms with Crippen molar-refractivity contribution in [2.45, 2.75) is 38.0 Å². The Kier molecular flexibility index (Phi) is 5.19. The summed E-state index contributed by atoms with van der Waals surface area (Å²) in [6, 6.07) is 0. The fraction of sp³-hybridized carbons (Fsp3) is 0.643. The highest BCUT2D eigenvalue weighted by Crippen LogP contribution is 2.43. The summed E-state index contributed by atoms with van der Waals surface area (Å²) in [5.74, 6) is -2.83. The highest BCUT2D eigenvalue weighted by atomic mass is 32.1. The largest absolute Gasteiger partial charge is 0.481 e. The molecular formula is C14H17F3N2O4S. The van der Waals surface area contributed by atoms with Gasteiger partial charge in [0.1, 0.15) is 5.01 Å². The second-order valence-electron chi connectivity index (χ2n) is 5.85. The number of piperidine rings is 1. The van der Waals surface area contributed by atoms with Gasteiger partial charge < -0.3 is 15.1 Å². The van der Waals surface area contributed by atoms with E-state index in [1.165, 1.54) is 12.3 Å². The van der Waals surface area contributed by atoms with Crippen LogP contribution in [0.3, 0.4) is 0 Å². The maximum absolute atomic E-state index is 13.4. The van der Waals surface area contributed by atoms with Gasteiger partial charge in [-0.05, 0) is 19.8 Å². The molecule has 0 aliphatic carbocycles. The summed E-state index contributed by atoms with van der Waals surface area (Å²) >= 11 is 0.631. The number of alkyl halides is 3. The van der Waals surface area contributed by atoms with Gasteiger partial charge in [0.15, 0.2) is 0 Å². The van der Waals surface area contributed by atoms with Crippen LogP contribution in [-0.4, -0.2) is 51.2 Å². The van der Waals surface area contributed by atoms with Crippen molar-refractivity contribution < 1.29 is 33.0 Å². The zero-order valence-electron chi connectivity index (χ0n) is 12.8. The van der Waals surface area contributed by atoms with E-state index >= 15 is 0 Å². The van der Waals surface area contributed by atoms with Crippen LogP contribution in [0.1, 0.15) is 30.0 Å². The van der Waals surface area contributed by atoms with Crippen molar-refractivity contribution in [1.29, 1.82) is 0 Å². The number of thiazole rings is 1. The molecule has 1 aromatic heterocycles. The molecule has 2 unspecified atom stereocenters. The van der Waals surface area contributed by atoms with Crippen LogP contribution in [0, 0.1) is 12.8 Å². The molecule has 1 aromatic rings. The molecule has 0 bridgehead atoms. The van der Waals surface area contributed by atoms with Gasteiger partial charge in [-0.3, -0.25) is 9.59 Å². The van der Waals surface area contributed by atoms with E-state index in [1.54, 1.807) is 0 Å². The number of halogens is 3. The van der Waals surface area contributed by atoms with Crippen molar-refractivity contribution >= 4 is 23.2 Å². The van der Waals surface area contributed by atoms with Crippen molar-refractivity contribution in [1.82, 2.24) is 9.88 Å². The van der Waals surface area contributed by atoms with Crippen molar-refractivity contribution in [3.8, 4) is 0 Å². The molecule has 0 radical (unpaired) electrons. The number of rotatable bonds is 4. The molecule has 134 valence electrons. The maximum atomic E-state index is 13.4. The van der Waals surface area contributed by atoms with Crippen LogP contribution in [-0.2, 0) is 15.2 Å². The average Bonchev–Trinajstić information content (AvgIpc) is 2.93. The molecule has 1 aliphatic heterocycles. The number of carbonyl (C=O) groups excluding carboxylic acids is 1. The highest BCUT2D eigenvalue weighted by Gasteiger charge is 2.58. The predicted molar refractivity (Wildman–Crippen MR) is 78.4 cm³/mol. The van der Waals surface area contributed by atoms with E-state index in [0.29, 0.717) is 29.9 Å². The standard InChI is InChI=1S/C14H17F3N2O4S/c1-8-7-24-12(18-8)13(23,14(15,16)17)5-10(20)19-4-2-3-9(6-19)11(21)22/h7,9,23H,2-6H2,1H3,(H,21,22). The molecule has 2 atom stereocenters. The molecule has 6 nitrogen and oxygen atoms in total. The first-order chi connectivity index (χ1) is 11.0. The SMILES string of the molecule is Cc1csc(C(O)(CC(=O)N2CCCC(C(=O)O)C2)C(F)(F)F)n1. The Hall–Kier alpha value is -1.68. The third kappa shape index (κ3) is 3.69. The molecule has 2 heterocycles. The minimum atomic E-state index is -5.07. The van der Waals surface area contributed by atoms with Crippen molar-refractivity contribution in [3.05, 3.63) is 16.1 Å². The highest BCUT2D eigenvalue weighted by molar-refractivity contribution is 7.09. The average molecular weight is 366 g/mol. The van der Waals surface area contributed by atoms with E-state index in [-0.39, 0.29) is 13.1 Å². The van der Waals surface area contributed by atoms with Crippen molar-refractivity contribution in [2.24, 2.45) is 5.92 Å². The molecule has 1 saturated heterocycles. The van der Waals surface area contributed by atoms with Gasteiger partial charge >= 0.3 is 12.1 Å². The normalized spacial score (nSPS) is 21.4. The number of amides is 1. The molecular weight excluding hydrogens is 349 g/mol. The summed E-state index contributed by atoms with van der Waals surface area (Å²) in [6.07, 6.45) is -5.53. The smallest absolute Gasteiger partial charge is 0.424 e. The van der Waals surface area contributed by atoms with Gasteiger partial charge in [0, 0.05) is 24.2 Å². The van der Waals surface area contributed by atoms with E-state index in [2.05, 4.69) is 4.98 Å². The molecule has 10 heteroatoms. The van der Waals surface area contributed by atoms with Crippen molar-refractivity contribution in [2.75, 3.05) is 13.1 Å². The lowest BCUT2D eigenvalue weighted by molar-refractivity contribution is -0.268. The first-order valence-corrected chi connectivity index (χ1v) is 8.15. The monoisotopic (exact) mass is 366 g/mol. The lowest BCUT2D eigenvalue weighted by Gasteiger charge is -2.34. The second kappa shape index (κ2) is 6.67. The van der Waals surface area contributed by atoms with E-state index < -0.39 is 41.0 Å². The molecule has 24 heavy (non-hydrogen) atoms. The number of carbonyl (C=O) groups is 2. The van der Waals surface area contributed by atoms with Crippen LogP contribution in [0.25, 0.3) is 0 Å². The van der Waals surface area contributed by atoms with Crippen molar-refractivity contribution in [3.63, 3.8) is 0 Å². The van der Waals surface area contributed by atoms with Gasteiger partial charge in [0.2, 0.25) is 11.5 Å². The van der Waals surface area contributed by atoms with Crippen LogP contribution < -0.4 is 0 Å². The summed E-state index contributed by atoms with van der Waals surface area (Å²) in [5.41, 5.74) is -3.06. The number of aliphatic carboxylic acids is 1. The summed E-state index contributed by atoms with van der Waals surface area (Å²) in [6.45, 7) is 1.51. The topological polar surface area (TPSA) is 90.7 Å². The Morgan fingerprint density at radius 3 is 2.62 bits per heavy atom. The minimum absolute atomic E-state index is 0.154. The van der Waals surface area contributed by atoms with Gasteiger partial charge in [-0.15, -0.1) is 11.3 Å². The second-order valence-corrected chi connectivity index (χ2v) is 6.70. The summed E-state index contributed by atoms with van der Waals surface area (Å²) < 4.78 is 40.2. The molecule has 0 aromatic carbocycles. The number of nitrogens with zero attached hydrogens (tertiary/aromatic N) is 2. The van der Waals surface area contributed by atoms with E-state index in [1.807, 2.05) is 0 Å². The number of hydrogen-bond acceptors (Lipinski definition) is 5. The third-order valence-corrected chi connectivity index (χ3v) is 5.08.